The third-order valence-electron chi connectivity index (χ3n) is 1.64. The summed E-state index contributed by atoms with van der Waals surface area (Å²) in [6, 6.07) is 0. The molecule has 0 atom stereocenters. The smallest absolute Gasteiger partial charge is 0.130 e. The molecule has 4 nitrogen and oxygen atoms in total. The molecule has 0 unspecified atom stereocenters. The molecule has 0 radical (unpaired) electrons. The fraction of sp³-hybridized carbons (Fsp3) is 0.800. The molecule has 1 heterocycles. The van der Waals surface area contributed by atoms with Crippen LogP contribution in [-0.2, 0) is 8.79 Å². The predicted molar refractivity (Wildman–Crippen MR) is 81.5 cm³/mol. The number of rotatable bonds is 2. The Labute approximate surface area is 157 Å². The monoisotopic (exact) mass is 466 g/mol. The molecule has 0 saturated heterocycles. The van der Waals surface area contributed by atoms with Gasteiger partial charge in [0.05, 0.1) is 0 Å². The molecule has 1 aromatic rings. The van der Waals surface area contributed by atoms with Gasteiger partial charge in [-0.3, -0.25) is 0 Å². The highest BCUT2D eigenvalue weighted by Crippen LogP contribution is 2.52. The van der Waals surface area contributed by atoms with Crippen molar-refractivity contribution in [3.63, 3.8) is 0 Å². The molecule has 0 aliphatic carbocycles. The number of nitrogens with zero attached hydrogens (tertiary/aromatic N) is 4. The Kier molecular flexibility index (Phi) is 5.88. The van der Waals surface area contributed by atoms with E-state index in [1.54, 1.807) is 0 Å². The maximum Gasteiger partial charge on any atom is 0.276 e. The van der Waals surface area contributed by atoms with Crippen molar-refractivity contribution in [1.29, 1.82) is 0 Å². The lowest BCUT2D eigenvalue weighted by Gasteiger charge is -2.26. The zero-order valence-corrected chi connectivity index (χ0v) is 15.6. The van der Waals surface area contributed by atoms with E-state index in [1.807, 2.05) is 0 Å². The van der Waals surface area contributed by atoms with Crippen LogP contribution >= 0.6 is 116 Å². The molecule has 1 rings (SSSR count). The first-order chi connectivity index (χ1) is 8.21. The quantitative estimate of drug-likeness (QED) is 0.563. The van der Waals surface area contributed by atoms with E-state index in [9.17, 15) is 0 Å². The molecular weight excluding hydrogens is 471 g/mol. The van der Waals surface area contributed by atoms with E-state index < -0.39 is 22.2 Å². The predicted octanol–water partition coefficient (Wildman–Crippen LogP) is 5.13. The summed E-state index contributed by atoms with van der Waals surface area (Å²) in [5, 5.41) is 10.5. The summed E-state index contributed by atoms with van der Waals surface area (Å²) in [6.45, 7) is 0. The molecule has 0 aliphatic rings. The van der Waals surface area contributed by atoms with E-state index in [0.29, 0.717) is 4.80 Å². The highest BCUT2D eigenvalue weighted by molar-refractivity contribution is 6.75. The molecule has 0 aliphatic heterocycles. The molecule has 1 aromatic heterocycles. The molecule has 19 heavy (non-hydrogen) atoms. The second kappa shape index (κ2) is 5.88. The van der Waals surface area contributed by atoms with Crippen LogP contribution in [0, 0.1) is 0 Å². The van der Waals surface area contributed by atoms with E-state index >= 15 is 0 Å². The van der Waals surface area contributed by atoms with Gasteiger partial charge in [-0.15, -0.1) is 15.0 Å². The van der Waals surface area contributed by atoms with Crippen molar-refractivity contribution >= 4 is 116 Å². The Morgan fingerprint density at radius 1 is 0.737 bits per heavy atom. The topological polar surface area (TPSA) is 43.6 Å². The van der Waals surface area contributed by atoms with Crippen molar-refractivity contribution in [3.05, 3.63) is 5.82 Å². The average Bonchev–Trinajstić information content (AvgIpc) is 2.62. The number of alkyl halides is 10. The van der Waals surface area contributed by atoms with Gasteiger partial charge in [-0.25, -0.2) is 0 Å². The Hall–Kier alpha value is 1.97. The maximum atomic E-state index is 5.82. The molecule has 0 fully saturated rings. The van der Waals surface area contributed by atoms with Crippen LogP contribution in [0.5, 0.6) is 0 Å². The number of hydrogen-bond acceptors (Lipinski definition) is 3. The maximum absolute atomic E-state index is 5.82. The third kappa shape index (κ3) is 3.84. The van der Waals surface area contributed by atoms with Gasteiger partial charge in [-0.1, -0.05) is 116 Å². The average molecular weight is 471 g/mol. The van der Waals surface area contributed by atoms with Gasteiger partial charge in [-0.2, -0.15) is 0 Å². The van der Waals surface area contributed by atoms with Crippen molar-refractivity contribution in [2.24, 2.45) is 0 Å². The number of hydrogen-bond donors (Lipinski definition) is 0. The lowest BCUT2D eigenvalue weighted by Crippen LogP contribution is -2.37. The van der Waals surface area contributed by atoms with Crippen molar-refractivity contribution in [1.82, 2.24) is 20.2 Å². The second-order valence-electron chi connectivity index (χ2n) is 3.01. The van der Waals surface area contributed by atoms with Crippen LogP contribution in [0.3, 0.4) is 0 Å². The molecule has 0 amide bonds. The van der Waals surface area contributed by atoms with Gasteiger partial charge in [0.15, 0.2) is 0 Å². The van der Waals surface area contributed by atoms with E-state index in [0.717, 1.165) is 0 Å². The van der Waals surface area contributed by atoms with Crippen molar-refractivity contribution in [2.75, 3.05) is 0 Å². The number of halogens is 10. The number of tetrazole rings is 1. The van der Waals surface area contributed by atoms with E-state index in [-0.39, 0.29) is 0 Å². The summed E-state index contributed by atoms with van der Waals surface area (Å²) in [4.78, 5) is 0.564. The van der Waals surface area contributed by atoms with Crippen LogP contribution in [0.15, 0.2) is 0 Å². The normalized spacial score (nSPS) is 14.8. The Bertz CT molecular complexity index is 415. The summed E-state index contributed by atoms with van der Waals surface area (Å²) in [5.74, 6) is -0.393. The van der Waals surface area contributed by atoms with E-state index in [1.165, 1.54) is 0 Å². The lowest BCUT2D eigenvalue weighted by atomic mass is 10.4. The fourth-order valence-electron chi connectivity index (χ4n) is 0.699. The van der Waals surface area contributed by atoms with Crippen LogP contribution in [0.1, 0.15) is 5.82 Å². The van der Waals surface area contributed by atoms with Gasteiger partial charge in [0.25, 0.3) is 4.46 Å². The summed E-state index contributed by atoms with van der Waals surface area (Å²) in [5.41, 5.74) is 0. The highest BCUT2D eigenvalue weighted by atomic mass is 35.6. The Balaban J connectivity index is 3.22. The highest BCUT2D eigenvalue weighted by Gasteiger charge is 2.54. The van der Waals surface area contributed by atoms with Crippen molar-refractivity contribution < 1.29 is 0 Å². The minimum atomic E-state index is -2.18. The van der Waals surface area contributed by atoms with Gasteiger partial charge in [0, 0.05) is 0 Å². The molecule has 0 N–H and O–H groups in total. The summed E-state index contributed by atoms with van der Waals surface area (Å²) in [6.07, 6.45) is 0. The second-order valence-corrected chi connectivity index (χ2v) is 10.2. The van der Waals surface area contributed by atoms with Crippen LogP contribution < -0.4 is 0 Å². The van der Waals surface area contributed by atoms with Gasteiger partial charge < -0.3 is 0 Å². The molecule has 0 spiro atoms. The molecule has 0 aromatic carbocycles. The zero-order chi connectivity index (χ0) is 15.3. The number of aromatic nitrogens is 4. The molecule has 0 bridgehead atoms. The van der Waals surface area contributed by atoms with Crippen LogP contribution in [0.2, 0.25) is 0 Å². The lowest BCUT2D eigenvalue weighted by molar-refractivity contribution is 0.458. The summed E-state index contributed by atoms with van der Waals surface area (Å²) in [7, 11) is 0. The van der Waals surface area contributed by atoms with Crippen molar-refractivity contribution in [3.8, 4) is 0 Å². The molecule has 0 saturated carbocycles. The van der Waals surface area contributed by atoms with Gasteiger partial charge >= 0.3 is 0 Å². The van der Waals surface area contributed by atoms with Crippen LogP contribution in [0.4, 0.5) is 0 Å². The fourth-order valence-corrected chi connectivity index (χ4v) is 1.47. The standard InChI is InChI=1S/C5Cl10N4/c6-2(7,3(8,9)10)1-16-18-19(17-1)5(14,15)4(11,12)13. The molecule has 110 valence electrons. The minimum absolute atomic E-state index is 0.393. The van der Waals surface area contributed by atoms with E-state index in [4.69, 9.17) is 116 Å². The first kappa shape index (κ1) is 19.0. The molecular formula is C5Cl10N4. The Morgan fingerprint density at radius 3 is 1.58 bits per heavy atom. The summed E-state index contributed by atoms with van der Waals surface area (Å²) < 4.78 is -8.62. The van der Waals surface area contributed by atoms with Crippen LogP contribution in [-0.4, -0.2) is 27.8 Å². The third-order valence-corrected chi connectivity index (χ3v) is 6.25. The van der Waals surface area contributed by atoms with Gasteiger partial charge in [0.1, 0.15) is 0 Å². The molecule has 14 heteroatoms. The zero-order valence-electron chi connectivity index (χ0n) is 8.07. The van der Waals surface area contributed by atoms with Gasteiger partial charge in [0.2, 0.25) is 17.7 Å². The summed E-state index contributed by atoms with van der Waals surface area (Å²) >= 11 is 56.7. The SMILES string of the molecule is ClC(Cl)(Cl)C(Cl)(Cl)c1nnn(C(Cl)(Cl)C(Cl)(Cl)Cl)n1. The first-order valence-electron chi connectivity index (χ1n) is 3.91. The van der Waals surface area contributed by atoms with Gasteiger partial charge in [-0.05, 0) is 5.21 Å². The largest absolute Gasteiger partial charge is 0.276 e. The van der Waals surface area contributed by atoms with E-state index in [2.05, 4.69) is 15.4 Å². The van der Waals surface area contributed by atoms with Crippen molar-refractivity contribution in [2.45, 2.75) is 16.4 Å². The Morgan fingerprint density at radius 2 is 1.21 bits per heavy atom. The first-order valence-corrected chi connectivity index (χ1v) is 7.69. The minimum Gasteiger partial charge on any atom is -0.130 e. The van der Waals surface area contributed by atoms with Crippen LogP contribution in [0.25, 0.3) is 0 Å².